The number of thiazole rings is 1. The highest BCUT2D eigenvalue weighted by Gasteiger charge is 2.30. The van der Waals surface area contributed by atoms with E-state index < -0.39 is 24.3 Å². The molecule has 34 heavy (non-hydrogen) atoms. The summed E-state index contributed by atoms with van der Waals surface area (Å²) in [6.45, 7) is 10.6. The third-order valence-electron chi connectivity index (χ3n) is 4.73. The molecule has 1 aromatic heterocycles. The SMILES string of the molecule is C=CC/C(C)=C(\C=C(/C)OCC(=O)O)N=C(C)Cc1sc(-c2ccc(C(F)(F)F)cc2)nc1C. The Kier molecular flexibility index (Phi) is 9.37. The predicted molar refractivity (Wildman–Crippen MR) is 129 cm³/mol. The molecular formula is C25H27F3N2O3S. The monoisotopic (exact) mass is 492 g/mol. The molecule has 182 valence electrons. The van der Waals surface area contributed by atoms with Crippen molar-refractivity contribution in [3.05, 3.63) is 76.2 Å². The van der Waals surface area contributed by atoms with E-state index in [-0.39, 0.29) is 0 Å². The van der Waals surface area contributed by atoms with Crippen molar-refractivity contribution >= 4 is 23.0 Å². The molecule has 0 spiro atoms. The van der Waals surface area contributed by atoms with Crippen LogP contribution in [0.2, 0.25) is 0 Å². The summed E-state index contributed by atoms with van der Waals surface area (Å²) in [5.74, 6) is -0.638. The van der Waals surface area contributed by atoms with Crippen LogP contribution in [0.25, 0.3) is 10.6 Å². The highest BCUT2D eigenvalue weighted by atomic mass is 32.1. The maximum atomic E-state index is 12.8. The zero-order chi connectivity index (χ0) is 25.5. The highest BCUT2D eigenvalue weighted by molar-refractivity contribution is 7.15. The molecule has 0 fully saturated rings. The number of hydrogen-bond acceptors (Lipinski definition) is 5. The Morgan fingerprint density at radius 2 is 1.88 bits per heavy atom. The van der Waals surface area contributed by atoms with Crippen LogP contribution in [0.15, 0.2) is 65.0 Å². The van der Waals surface area contributed by atoms with Gasteiger partial charge in [0, 0.05) is 28.6 Å². The first-order valence-corrected chi connectivity index (χ1v) is 11.2. The van der Waals surface area contributed by atoms with Crippen LogP contribution in [0.1, 0.15) is 43.3 Å². The lowest BCUT2D eigenvalue weighted by Crippen LogP contribution is -2.06. The van der Waals surface area contributed by atoms with Gasteiger partial charge in [-0.3, -0.25) is 4.99 Å². The Morgan fingerprint density at radius 1 is 1.24 bits per heavy atom. The molecule has 0 radical (unpaired) electrons. The van der Waals surface area contributed by atoms with E-state index in [1.165, 1.54) is 23.5 Å². The van der Waals surface area contributed by atoms with Crippen LogP contribution in [0.5, 0.6) is 0 Å². The van der Waals surface area contributed by atoms with Gasteiger partial charge in [0.1, 0.15) is 5.01 Å². The Balaban J connectivity index is 2.27. The molecule has 9 heteroatoms. The van der Waals surface area contributed by atoms with Crippen molar-refractivity contribution in [2.75, 3.05) is 6.61 Å². The van der Waals surface area contributed by atoms with E-state index in [0.717, 1.165) is 34.0 Å². The third-order valence-corrected chi connectivity index (χ3v) is 5.94. The average Bonchev–Trinajstić information content (AvgIpc) is 3.11. The molecule has 0 aliphatic carbocycles. The van der Waals surface area contributed by atoms with E-state index in [0.29, 0.717) is 34.9 Å². The molecular weight excluding hydrogens is 465 g/mol. The number of aliphatic imine (C=N–C) groups is 1. The number of aromatic nitrogens is 1. The van der Waals surface area contributed by atoms with E-state index in [1.54, 1.807) is 19.1 Å². The summed E-state index contributed by atoms with van der Waals surface area (Å²) in [6.07, 6.45) is 0.185. The average molecular weight is 493 g/mol. The van der Waals surface area contributed by atoms with Crippen LogP contribution in [0, 0.1) is 6.92 Å². The summed E-state index contributed by atoms with van der Waals surface area (Å²) in [5, 5.41) is 9.44. The molecule has 1 N–H and O–H groups in total. The second-order valence-corrected chi connectivity index (χ2v) is 8.81. The van der Waals surface area contributed by atoms with Gasteiger partial charge in [-0.25, -0.2) is 9.78 Å². The normalized spacial score (nSPS) is 13.5. The fraction of sp³-hybridized carbons (Fsp3) is 0.320. The number of aliphatic carboxylic acids is 1. The Hall–Kier alpha value is -3.20. The summed E-state index contributed by atoms with van der Waals surface area (Å²) >= 11 is 1.41. The number of alkyl halides is 3. The van der Waals surface area contributed by atoms with Gasteiger partial charge in [0.05, 0.1) is 22.7 Å². The van der Waals surface area contributed by atoms with E-state index in [4.69, 9.17) is 14.8 Å². The summed E-state index contributed by atoms with van der Waals surface area (Å²) in [5.41, 5.74) is 3.12. The molecule has 2 rings (SSSR count). The standard InChI is InChI=1S/C25H27F3N2O3S/c1-6-7-15(2)21(13-17(4)33-14-23(31)32)29-16(3)12-22-18(5)30-24(34-22)19-8-10-20(11-9-19)25(26,27)28/h6,8-11,13H,1,7,12,14H2,2-5H3,(H,31,32)/b17-13+,21-15+,29-16?. The van der Waals surface area contributed by atoms with Crippen LogP contribution >= 0.6 is 11.3 Å². The number of carbonyl (C=O) groups is 1. The number of rotatable bonds is 10. The van der Waals surface area contributed by atoms with Crippen molar-refractivity contribution < 1.29 is 27.8 Å². The van der Waals surface area contributed by atoms with Crippen LogP contribution in [0.4, 0.5) is 13.2 Å². The largest absolute Gasteiger partial charge is 0.486 e. The fourth-order valence-corrected chi connectivity index (χ4v) is 4.12. The first-order chi connectivity index (χ1) is 15.9. The zero-order valence-electron chi connectivity index (χ0n) is 19.5. The van der Waals surface area contributed by atoms with Crippen LogP contribution < -0.4 is 0 Å². The molecule has 1 aromatic carbocycles. The second-order valence-electron chi connectivity index (χ2n) is 7.72. The number of carboxylic acid groups (broad SMARTS) is 1. The van der Waals surface area contributed by atoms with Gasteiger partial charge >= 0.3 is 12.1 Å². The van der Waals surface area contributed by atoms with Crippen molar-refractivity contribution in [2.45, 2.75) is 46.7 Å². The van der Waals surface area contributed by atoms with Crippen LogP contribution in [0.3, 0.4) is 0 Å². The smallest absolute Gasteiger partial charge is 0.416 e. The van der Waals surface area contributed by atoms with Gasteiger partial charge in [-0.1, -0.05) is 18.2 Å². The Labute approximate surface area is 201 Å². The fourth-order valence-electron chi connectivity index (χ4n) is 2.98. The minimum absolute atomic E-state index is 0.427. The number of ether oxygens (including phenoxy) is 1. The van der Waals surface area contributed by atoms with Gasteiger partial charge in [0.2, 0.25) is 0 Å². The van der Waals surface area contributed by atoms with Gasteiger partial charge in [0.15, 0.2) is 6.61 Å². The summed E-state index contributed by atoms with van der Waals surface area (Å²) in [6, 6.07) is 4.96. The summed E-state index contributed by atoms with van der Waals surface area (Å²) in [7, 11) is 0. The lowest BCUT2D eigenvalue weighted by atomic mass is 10.1. The van der Waals surface area contributed by atoms with E-state index >= 15 is 0 Å². The molecule has 0 bridgehead atoms. The van der Waals surface area contributed by atoms with E-state index in [9.17, 15) is 18.0 Å². The minimum atomic E-state index is -4.38. The molecule has 0 atom stereocenters. The molecule has 0 saturated heterocycles. The van der Waals surface area contributed by atoms with Crippen LogP contribution in [-0.4, -0.2) is 28.4 Å². The topological polar surface area (TPSA) is 71.8 Å². The minimum Gasteiger partial charge on any atom is -0.486 e. The first kappa shape index (κ1) is 27.0. The van der Waals surface area contributed by atoms with Crippen molar-refractivity contribution in [2.24, 2.45) is 4.99 Å². The molecule has 0 amide bonds. The summed E-state index contributed by atoms with van der Waals surface area (Å²) in [4.78, 5) is 20.9. The molecule has 0 aliphatic heterocycles. The maximum Gasteiger partial charge on any atom is 0.416 e. The maximum absolute atomic E-state index is 12.8. The zero-order valence-corrected chi connectivity index (χ0v) is 20.3. The summed E-state index contributed by atoms with van der Waals surface area (Å²) < 4.78 is 43.7. The lowest BCUT2D eigenvalue weighted by Gasteiger charge is -2.08. The van der Waals surface area contributed by atoms with Gasteiger partial charge < -0.3 is 9.84 Å². The van der Waals surface area contributed by atoms with Gasteiger partial charge in [0.25, 0.3) is 0 Å². The molecule has 1 heterocycles. The number of hydrogen-bond donors (Lipinski definition) is 1. The number of halogens is 3. The molecule has 0 aliphatic rings. The van der Waals surface area contributed by atoms with Gasteiger partial charge in [-0.15, -0.1) is 17.9 Å². The number of aryl methyl sites for hydroxylation is 1. The molecule has 0 unspecified atom stereocenters. The van der Waals surface area contributed by atoms with Gasteiger partial charge in [-0.2, -0.15) is 13.2 Å². The van der Waals surface area contributed by atoms with Gasteiger partial charge in [-0.05, 0) is 51.8 Å². The van der Waals surface area contributed by atoms with Crippen molar-refractivity contribution in [3.63, 3.8) is 0 Å². The Bertz CT molecular complexity index is 1130. The molecule has 5 nitrogen and oxygen atoms in total. The van der Waals surface area contributed by atoms with E-state index in [1.807, 2.05) is 20.8 Å². The predicted octanol–water partition coefficient (Wildman–Crippen LogP) is 7.00. The van der Waals surface area contributed by atoms with Crippen LogP contribution in [-0.2, 0) is 22.1 Å². The lowest BCUT2D eigenvalue weighted by molar-refractivity contribution is -0.141. The first-order valence-electron chi connectivity index (χ1n) is 10.4. The quantitative estimate of drug-likeness (QED) is 0.168. The number of benzene rings is 1. The second kappa shape index (κ2) is 11.8. The molecule has 2 aromatic rings. The van der Waals surface area contributed by atoms with Crippen molar-refractivity contribution in [1.82, 2.24) is 4.98 Å². The number of carboxylic acids is 1. The van der Waals surface area contributed by atoms with E-state index in [2.05, 4.69) is 11.6 Å². The molecule has 0 saturated carbocycles. The highest BCUT2D eigenvalue weighted by Crippen LogP contribution is 2.33. The van der Waals surface area contributed by atoms with Crippen molar-refractivity contribution in [3.8, 4) is 10.6 Å². The van der Waals surface area contributed by atoms with Crippen molar-refractivity contribution in [1.29, 1.82) is 0 Å². The Morgan fingerprint density at radius 3 is 2.44 bits per heavy atom. The number of nitrogens with zero attached hydrogens (tertiary/aromatic N) is 2. The number of allylic oxidation sites excluding steroid dienone is 4. The third kappa shape index (κ3) is 7.98.